The standard InChI is InChI=1S/C15H23NO6S.2CH4/c1-4-15(2,3)14(18)16-7-11(17)21-12-8-5-9-10(6-8)23(19,20)22-13(9)12;;/h8-10,12-13H,4-7H2,1-3H3,(H,16,18);2*1H4. The van der Waals surface area contributed by atoms with Crippen LogP contribution in [0.2, 0.25) is 0 Å². The number of carbonyl (C=O) groups is 2. The normalized spacial score (nSPS) is 34.0. The number of fused-ring (bicyclic) bond motifs is 1. The number of nitrogens with one attached hydrogen (secondary N) is 1. The van der Waals surface area contributed by atoms with Crippen LogP contribution in [0.3, 0.4) is 0 Å². The smallest absolute Gasteiger partial charge is 0.325 e. The van der Waals surface area contributed by atoms with E-state index in [1.165, 1.54) is 0 Å². The molecule has 1 heterocycles. The van der Waals surface area contributed by atoms with E-state index in [0.29, 0.717) is 12.8 Å². The molecule has 1 N–H and O–H groups in total. The monoisotopic (exact) mass is 377 g/mol. The quantitative estimate of drug-likeness (QED) is 0.580. The zero-order chi connectivity index (χ0) is 17.0. The molecule has 3 rings (SSSR count). The Labute approximate surface area is 151 Å². The van der Waals surface area contributed by atoms with E-state index in [9.17, 15) is 18.0 Å². The van der Waals surface area contributed by atoms with Gasteiger partial charge >= 0.3 is 5.97 Å². The Kier molecular flexibility index (Phi) is 6.33. The van der Waals surface area contributed by atoms with Gasteiger partial charge in [0.1, 0.15) is 18.8 Å². The molecule has 0 radical (unpaired) electrons. The van der Waals surface area contributed by atoms with Gasteiger partial charge in [0.25, 0.3) is 10.1 Å². The van der Waals surface area contributed by atoms with Gasteiger partial charge in [0, 0.05) is 17.3 Å². The number of esters is 1. The number of ether oxygens (including phenoxy) is 1. The second kappa shape index (κ2) is 7.23. The molecule has 8 heteroatoms. The number of carbonyl (C=O) groups excluding carboxylic acids is 2. The molecule has 2 aliphatic carbocycles. The first-order valence-electron chi connectivity index (χ1n) is 8.05. The highest BCUT2D eigenvalue weighted by Crippen LogP contribution is 2.55. The van der Waals surface area contributed by atoms with E-state index in [1.807, 2.05) is 6.92 Å². The molecule has 146 valence electrons. The predicted octanol–water partition coefficient (Wildman–Crippen LogP) is 1.86. The van der Waals surface area contributed by atoms with Crippen LogP contribution in [0.1, 0.15) is 54.9 Å². The summed E-state index contributed by atoms with van der Waals surface area (Å²) in [6.07, 6.45) is 0.820. The zero-order valence-electron chi connectivity index (χ0n) is 13.6. The average Bonchev–Trinajstić information content (AvgIpc) is 3.08. The Morgan fingerprint density at radius 2 is 1.88 bits per heavy atom. The predicted molar refractivity (Wildman–Crippen MR) is 94.2 cm³/mol. The summed E-state index contributed by atoms with van der Waals surface area (Å²) in [6, 6.07) is 0. The van der Waals surface area contributed by atoms with E-state index in [-0.39, 0.29) is 39.1 Å². The molecule has 1 amide bonds. The first-order chi connectivity index (χ1) is 10.7. The molecule has 3 fully saturated rings. The van der Waals surface area contributed by atoms with Crippen LogP contribution >= 0.6 is 0 Å². The summed E-state index contributed by atoms with van der Waals surface area (Å²) in [5.74, 6) is -0.771. The van der Waals surface area contributed by atoms with Crippen LogP contribution in [0.15, 0.2) is 0 Å². The highest BCUT2D eigenvalue weighted by molar-refractivity contribution is 7.87. The van der Waals surface area contributed by atoms with Crippen molar-refractivity contribution in [2.45, 2.75) is 72.3 Å². The lowest BCUT2D eigenvalue weighted by Gasteiger charge is -2.25. The largest absolute Gasteiger partial charge is 0.458 e. The molecular formula is C17H31NO6S. The number of hydrogen-bond acceptors (Lipinski definition) is 6. The lowest BCUT2D eigenvalue weighted by Crippen LogP contribution is -2.42. The first kappa shape index (κ1) is 21.9. The Balaban J connectivity index is 0.00000156. The third-order valence-electron chi connectivity index (χ3n) is 5.57. The second-order valence-electron chi connectivity index (χ2n) is 7.36. The molecular weight excluding hydrogens is 346 g/mol. The zero-order valence-corrected chi connectivity index (χ0v) is 14.4. The minimum absolute atomic E-state index is 0. The maximum absolute atomic E-state index is 12.0. The topological polar surface area (TPSA) is 98.8 Å². The Bertz CT molecular complexity index is 629. The van der Waals surface area contributed by atoms with Crippen molar-refractivity contribution in [2.75, 3.05) is 6.54 Å². The molecule has 1 aliphatic heterocycles. The fraction of sp³-hybridized carbons (Fsp3) is 0.882. The third-order valence-corrected chi connectivity index (χ3v) is 7.35. The summed E-state index contributed by atoms with van der Waals surface area (Å²) >= 11 is 0. The Morgan fingerprint density at radius 3 is 2.48 bits per heavy atom. The summed E-state index contributed by atoms with van der Waals surface area (Å²) in [5.41, 5.74) is -0.539. The fourth-order valence-electron chi connectivity index (χ4n) is 3.79. The summed E-state index contributed by atoms with van der Waals surface area (Å²) < 4.78 is 34.3. The van der Waals surface area contributed by atoms with Crippen molar-refractivity contribution in [3.8, 4) is 0 Å². The van der Waals surface area contributed by atoms with Gasteiger partial charge in [-0.15, -0.1) is 0 Å². The second-order valence-corrected chi connectivity index (χ2v) is 9.15. The molecule has 0 aromatic carbocycles. The van der Waals surface area contributed by atoms with Crippen molar-refractivity contribution < 1.29 is 26.9 Å². The first-order valence-corrected chi connectivity index (χ1v) is 9.52. The van der Waals surface area contributed by atoms with E-state index < -0.39 is 39.0 Å². The van der Waals surface area contributed by atoms with E-state index in [4.69, 9.17) is 8.92 Å². The van der Waals surface area contributed by atoms with Crippen molar-refractivity contribution in [2.24, 2.45) is 17.3 Å². The lowest BCUT2D eigenvalue weighted by atomic mass is 9.89. The molecule has 3 aliphatic rings. The van der Waals surface area contributed by atoms with E-state index >= 15 is 0 Å². The molecule has 2 saturated carbocycles. The van der Waals surface area contributed by atoms with Gasteiger partial charge in [0.15, 0.2) is 0 Å². The van der Waals surface area contributed by atoms with Gasteiger partial charge in [-0.3, -0.25) is 13.8 Å². The van der Waals surface area contributed by atoms with E-state index in [1.54, 1.807) is 13.8 Å². The van der Waals surface area contributed by atoms with Crippen molar-refractivity contribution in [1.29, 1.82) is 0 Å². The average molecular weight is 378 g/mol. The van der Waals surface area contributed by atoms with Crippen LogP contribution in [-0.4, -0.2) is 44.3 Å². The molecule has 5 unspecified atom stereocenters. The van der Waals surface area contributed by atoms with Crippen molar-refractivity contribution in [3.63, 3.8) is 0 Å². The highest BCUT2D eigenvalue weighted by atomic mass is 32.2. The number of rotatable bonds is 5. The van der Waals surface area contributed by atoms with Crippen LogP contribution in [0, 0.1) is 17.3 Å². The van der Waals surface area contributed by atoms with Crippen LogP contribution in [0.5, 0.6) is 0 Å². The minimum Gasteiger partial charge on any atom is -0.458 e. The molecule has 0 spiro atoms. The van der Waals surface area contributed by atoms with Crippen molar-refractivity contribution in [3.05, 3.63) is 0 Å². The Hall–Kier alpha value is -1.15. The molecule has 25 heavy (non-hydrogen) atoms. The van der Waals surface area contributed by atoms with Gasteiger partial charge in [0.05, 0.1) is 5.25 Å². The van der Waals surface area contributed by atoms with Crippen molar-refractivity contribution in [1.82, 2.24) is 5.32 Å². The summed E-state index contributed by atoms with van der Waals surface area (Å²) in [6.45, 7) is 5.31. The van der Waals surface area contributed by atoms with Crippen LogP contribution in [0.4, 0.5) is 0 Å². The lowest BCUT2D eigenvalue weighted by molar-refractivity contribution is -0.156. The minimum atomic E-state index is -3.51. The number of amides is 1. The Morgan fingerprint density at radius 1 is 1.24 bits per heavy atom. The summed E-state index contributed by atoms with van der Waals surface area (Å²) in [5, 5.41) is 2.15. The van der Waals surface area contributed by atoms with Crippen molar-refractivity contribution >= 4 is 22.0 Å². The molecule has 0 aromatic rings. The van der Waals surface area contributed by atoms with Gasteiger partial charge in [-0.05, 0) is 19.3 Å². The highest BCUT2D eigenvalue weighted by Gasteiger charge is 2.65. The van der Waals surface area contributed by atoms with Gasteiger partial charge in [-0.2, -0.15) is 8.42 Å². The van der Waals surface area contributed by atoms with Gasteiger partial charge < -0.3 is 10.1 Å². The van der Waals surface area contributed by atoms with Crippen LogP contribution in [0.25, 0.3) is 0 Å². The van der Waals surface area contributed by atoms with E-state index in [2.05, 4.69) is 5.32 Å². The van der Waals surface area contributed by atoms with Gasteiger partial charge in [-0.1, -0.05) is 35.6 Å². The van der Waals surface area contributed by atoms with Gasteiger partial charge in [-0.25, -0.2) is 0 Å². The molecule has 7 nitrogen and oxygen atoms in total. The maximum Gasteiger partial charge on any atom is 0.325 e. The third kappa shape index (κ3) is 3.69. The van der Waals surface area contributed by atoms with E-state index in [0.717, 1.165) is 6.42 Å². The summed E-state index contributed by atoms with van der Waals surface area (Å²) in [4.78, 5) is 23.9. The molecule has 0 aromatic heterocycles. The molecule has 1 saturated heterocycles. The fourth-order valence-corrected chi connectivity index (χ4v) is 5.67. The summed E-state index contributed by atoms with van der Waals surface area (Å²) in [7, 11) is -3.51. The van der Waals surface area contributed by atoms with Crippen LogP contribution in [-0.2, 0) is 28.6 Å². The number of hydrogen-bond donors (Lipinski definition) is 1. The SMILES string of the molecule is C.C.CCC(C)(C)C(=O)NCC(=O)OC1C2CC3C1OS(=O)(=O)C3C2. The maximum atomic E-state index is 12.0. The molecule has 5 atom stereocenters. The van der Waals surface area contributed by atoms with Gasteiger partial charge in [0.2, 0.25) is 5.91 Å². The van der Waals surface area contributed by atoms with Crippen LogP contribution < -0.4 is 5.32 Å². The molecule has 2 bridgehead atoms.